The van der Waals surface area contributed by atoms with Crippen LogP contribution in [0.1, 0.15) is 44.0 Å². The molecule has 27 heavy (non-hydrogen) atoms. The molecule has 2 aromatic carbocycles. The molecule has 0 saturated heterocycles. The highest BCUT2D eigenvalue weighted by molar-refractivity contribution is 5.90. The number of anilines is 2. The first-order chi connectivity index (χ1) is 13.3. The van der Waals surface area contributed by atoms with E-state index in [0.717, 1.165) is 46.6 Å². The van der Waals surface area contributed by atoms with E-state index in [1.54, 1.807) is 0 Å². The number of aromatic nitrogens is 2. The maximum absolute atomic E-state index is 5.95. The number of para-hydroxylation sites is 2. The van der Waals surface area contributed by atoms with Crippen molar-refractivity contribution in [2.45, 2.75) is 44.4 Å². The Bertz CT molecular complexity index is 960. The summed E-state index contributed by atoms with van der Waals surface area (Å²) < 4.78 is 11.9. The van der Waals surface area contributed by atoms with Gasteiger partial charge >= 0.3 is 0 Å². The number of hydrogen-bond donors (Lipinski definition) is 2. The van der Waals surface area contributed by atoms with Gasteiger partial charge in [-0.25, -0.2) is 4.98 Å². The van der Waals surface area contributed by atoms with Crippen molar-refractivity contribution < 1.29 is 9.47 Å². The van der Waals surface area contributed by atoms with Crippen LogP contribution in [0.3, 0.4) is 0 Å². The normalized spacial score (nSPS) is 17.3. The van der Waals surface area contributed by atoms with E-state index in [9.17, 15) is 0 Å². The average molecular weight is 362 g/mol. The predicted molar refractivity (Wildman–Crippen MR) is 105 cm³/mol. The maximum atomic E-state index is 5.95. The second-order valence-corrected chi connectivity index (χ2v) is 7.20. The smallest absolute Gasteiger partial charge is 0.268 e. The lowest BCUT2D eigenvalue weighted by Crippen LogP contribution is -2.23. The fourth-order valence-electron chi connectivity index (χ4n) is 3.90. The van der Waals surface area contributed by atoms with Crippen molar-refractivity contribution in [1.29, 1.82) is 0 Å². The van der Waals surface area contributed by atoms with Crippen molar-refractivity contribution in [3.8, 4) is 11.5 Å². The SMILES string of the molecule is Nc1nc(NC2CCCCC2)c2cc(C3Oc4ccccc4O3)ccc2n1. The van der Waals surface area contributed by atoms with E-state index < -0.39 is 6.29 Å². The van der Waals surface area contributed by atoms with Gasteiger partial charge in [0, 0.05) is 17.0 Å². The first-order valence-corrected chi connectivity index (χ1v) is 9.52. The molecular weight excluding hydrogens is 340 g/mol. The van der Waals surface area contributed by atoms with Crippen LogP contribution in [0.5, 0.6) is 11.5 Å². The summed E-state index contributed by atoms with van der Waals surface area (Å²) in [4.78, 5) is 8.86. The molecule has 1 aliphatic carbocycles. The van der Waals surface area contributed by atoms with E-state index in [-0.39, 0.29) is 5.95 Å². The summed E-state index contributed by atoms with van der Waals surface area (Å²) in [5.41, 5.74) is 7.68. The third kappa shape index (κ3) is 3.12. The highest BCUT2D eigenvalue weighted by Gasteiger charge is 2.26. The molecule has 1 aliphatic heterocycles. The van der Waals surface area contributed by atoms with Crippen LogP contribution in [0, 0.1) is 0 Å². The minimum Gasteiger partial charge on any atom is -0.447 e. The van der Waals surface area contributed by atoms with Crippen LogP contribution in [-0.4, -0.2) is 16.0 Å². The van der Waals surface area contributed by atoms with Gasteiger partial charge in [0.2, 0.25) is 5.95 Å². The number of hydrogen-bond acceptors (Lipinski definition) is 6. The monoisotopic (exact) mass is 362 g/mol. The molecule has 1 fully saturated rings. The fraction of sp³-hybridized carbons (Fsp3) is 0.333. The van der Waals surface area contributed by atoms with Gasteiger partial charge in [-0.3, -0.25) is 0 Å². The van der Waals surface area contributed by atoms with Gasteiger partial charge in [0.05, 0.1) is 5.52 Å². The van der Waals surface area contributed by atoms with E-state index >= 15 is 0 Å². The second-order valence-electron chi connectivity index (χ2n) is 7.20. The minimum atomic E-state index is -0.466. The molecule has 0 atom stereocenters. The summed E-state index contributed by atoms with van der Waals surface area (Å²) >= 11 is 0. The Morgan fingerprint density at radius 3 is 2.41 bits per heavy atom. The van der Waals surface area contributed by atoms with E-state index in [2.05, 4.69) is 15.3 Å². The molecule has 1 saturated carbocycles. The quantitative estimate of drug-likeness (QED) is 0.717. The lowest BCUT2D eigenvalue weighted by Gasteiger charge is -2.24. The van der Waals surface area contributed by atoms with Crippen LogP contribution in [0.25, 0.3) is 10.9 Å². The lowest BCUT2D eigenvalue weighted by molar-refractivity contribution is 0.0488. The van der Waals surface area contributed by atoms with Crippen LogP contribution in [0.2, 0.25) is 0 Å². The third-order valence-electron chi connectivity index (χ3n) is 5.27. The molecule has 0 bridgehead atoms. The largest absolute Gasteiger partial charge is 0.447 e. The first-order valence-electron chi connectivity index (χ1n) is 9.52. The zero-order valence-corrected chi connectivity index (χ0v) is 15.0. The van der Waals surface area contributed by atoms with Crippen molar-refractivity contribution in [3.05, 3.63) is 48.0 Å². The standard InChI is InChI=1S/C21H22N4O2/c22-21-24-16-11-10-13(20-26-17-8-4-5-9-18(17)27-20)12-15(16)19(25-21)23-14-6-2-1-3-7-14/h4-5,8-12,14,20H,1-3,6-7H2,(H3,22,23,24,25). The molecule has 0 spiro atoms. The van der Waals surface area contributed by atoms with Crippen molar-refractivity contribution in [2.75, 3.05) is 11.1 Å². The van der Waals surface area contributed by atoms with E-state index in [1.165, 1.54) is 19.3 Å². The molecule has 6 heteroatoms. The molecular formula is C21H22N4O2. The maximum Gasteiger partial charge on any atom is 0.268 e. The van der Waals surface area contributed by atoms with Crippen molar-refractivity contribution in [3.63, 3.8) is 0 Å². The summed E-state index contributed by atoms with van der Waals surface area (Å²) in [5.74, 6) is 2.60. The van der Waals surface area contributed by atoms with Gasteiger partial charge in [-0.1, -0.05) is 31.4 Å². The molecule has 2 heterocycles. The number of nitrogens with two attached hydrogens (primary N) is 1. The minimum absolute atomic E-state index is 0.286. The van der Waals surface area contributed by atoms with Crippen LogP contribution in [0.15, 0.2) is 42.5 Å². The second kappa shape index (κ2) is 6.61. The highest BCUT2D eigenvalue weighted by Crippen LogP contribution is 2.40. The third-order valence-corrected chi connectivity index (χ3v) is 5.27. The van der Waals surface area contributed by atoms with Gasteiger partial charge < -0.3 is 20.5 Å². The van der Waals surface area contributed by atoms with Gasteiger partial charge in [0.25, 0.3) is 6.29 Å². The van der Waals surface area contributed by atoms with Crippen molar-refractivity contribution >= 4 is 22.7 Å². The Morgan fingerprint density at radius 1 is 0.926 bits per heavy atom. The average Bonchev–Trinajstić information content (AvgIpc) is 3.13. The number of nitrogens with zero attached hydrogens (tertiary/aromatic N) is 2. The number of ether oxygens (including phenoxy) is 2. The highest BCUT2D eigenvalue weighted by atomic mass is 16.7. The Kier molecular flexibility index (Phi) is 3.96. The molecule has 0 amide bonds. The first kappa shape index (κ1) is 16.2. The number of benzene rings is 2. The van der Waals surface area contributed by atoms with Crippen LogP contribution < -0.4 is 20.5 Å². The molecule has 5 rings (SSSR count). The van der Waals surface area contributed by atoms with Crippen LogP contribution in [0.4, 0.5) is 11.8 Å². The van der Waals surface area contributed by atoms with Gasteiger partial charge in [0.15, 0.2) is 11.5 Å². The number of nitrogens with one attached hydrogen (secondary N) is 1. The molecule has 2 aliphatic rings. The van der Waals surface area contributed by atoms with Crippen LogP contribution >= 0.6 is 0 Å². The molecule has 0 radical (unpaired) electrons. The zero-order valence-electron chi connectivity index (χ0n) is 15.0. The molecule has 138 valence electrons. The lowest BCUT2D eigenvalue weighted by atomic mass is 9.95. The van der Waals surface area contributed by atoms with Gasteiger partial charge in [-0.15, -0.1) is 0 Å². The summed E-state index contributed by atoms with van der Waals surface area (Å²) in [6, 6.07) is 14.1. The number of nitrogen functional groups attached to an aromatic ring is 1. The Balaban J connectivity index is 1.49. The summed E-state index contributed by atoms with van der Waals surface area (Å²) in [5, 5.41) is 4.53. The number of fused-ring (bicyclic) bond motifs is 2. The Labute approximate surface area is 157 Å². The summed E-state index contributed by atoms with van der Waals surface area (Å²) in [6.45, 7) is 0. The zero-order chi connectivity index (χ0) is 18.2. The summed E-state index contributed by atoms with van der Waals surface area (Å²) in [6.07, 6.45) is 5.68. The Hall–Kier alpha value is -3.02. The van der Waals surface area contributed by atoms with Gasteiger partial charge in [-0.2, -0.15) is 4.98 Å². The van der Waals surface area contributed by atoms with Crippen molar-refractivity contribution in [2.24, 2.45) is 0 Å². The molecule has 3 aromatic rings. The molecule has 0 unspecified atom stereocenters. The van der Waals surface area contributed by atoms with Crippen molar-refractivity contribution in [1.82, 2.24) is 9.97 Å². The molecule has 1 aromatic heterocycles. The van der Waals surface area contributed by atoms with E-state index in [4.69, 9.17) is 15.2 Å². The van der Waals surface area contributed by atoms with Crippen LogP contribution in [-0.2, 0) is 0 Å². The fourth-order valence-corrected chi connectivity index (χ4v) is 3.90. The predicted octanol–water partition coefficient (Wildman–Crippen LogP) is 4.43. The van der Waals surface area contributed by atoms with E-state index in [0.29, 0.717) is 6.04 Å². The Morgan fingerprint density at radius 2 is 1.67 bits per heavy atom. The topological polar surface area (TPSA) is 82.3 Å². The molecule has 3 N–H and O–H groups in total. The van der Waals surface area contributed by atoms with E-state index in [1.807, 2.05) is 42.5 Å². The molecule has 6 nitrogen and oxygen atoms in total. The van der Waals surface area contributed by atoms with Gasteiger partial charge in [0.1, 0.15) is 5.82 Å². The summed E-state index contributed by atoms with van der Waals surface area (Å²) in [7, 11) is 0. The van der Waals surface area contributed by atoms with Gasteiger partial charge in [-0.05, 0) is 43.2 Å². The number of rotatable bonds is 3.